The minimum Gasteiger partial charge on any atom is -0.0622 e. The van der Waals surface area contributed by atoms with Crippen molar-refractivity contribution >= 4 is 69.2 Å². The molecule has 0 fully saturated rings. The second kappa shape index (κ2) is 14.3. The van der Waals surface area contributed by atoms with Crippen LogP contribution in [-0.2, 0) is 19.5 Å². The van der Waals surface area contributed by atoms with Gasteiger partial charge in [-0.15, -0.1) is 0 Å². The molecule has 0 atom stereocenters. The third kappa shape index (κ3) is 6.13. The molecule has 0 unspecified atom stereocenters. The van der Waals surface area contributed by atoms with E-state index < -0.39 is 15.8 Å². The van der Waals surface area contributed by atoms with Crippen molar-refractivity contribution in [3.63, 3.8) is 0 Å². The van der Waals surface area contributed by atoms with Crippen LogP contribution in [0.15, 0.2) is 194 Å². The molecule has 3 heteroatoms. The Kier molecular flexibility index (Phi) is 9.52. The molecule has 0 aliphatic rings. The van der Waals surface area contributed by atoms with E-state index in [2.05, 4.69) is 194 Å². The molecule has 0 N–H and O–H groups in total. The molecule has 227 valence electrons. The van der Waals surface area contributed by atoms with Gasteiger partial charge in [-0.25, -0.2) is 0 Å². The molecule has 47 heavy (non-hydrogen) atoms. The molecule has 8 aromatic rings. The van der Waals surface area contributed by atoms with Gasteiger partial charge in [-0.05, 0) is 80.3 Å². The minimum absolute atomic E-state index is 0. The van der Waals surface area contributed by atoms with Crippen LogP contribution in [0, 0.1) is 0 Å². The van der Waals surface area contributed by atoms with Crippen molar-refractivity contribution in [1.29, 1.82) is 0 Å². The molecule has 0 aliphatic carbocycles. The van der Waals surface area contributed by atoms with Gasteiger partial charge in [0.25, 0.3) is 0 Å². The molecule has 8 aromatic carbocycles. The summed E-state index contributed by atoms with van der Waals surface area (Å²) >= 11 is 0. The summed E-state index contributed by atoms with van der Waals surface area (Å²) in [6.45, 7) is 0. The molecule has 8 rings (SSSR count). The number of hydrogen-bond donors (Lipinski definition) is 0. The first-order valence-electron chi connectivity index (χ1n) is 15.7. The average Bonchev–Trinajstić information content (AvgIpc) is 3.14. The Morgan fingerprint density at radius 2 is 0.532 bits per heavy atom. The Labute approximate surface area is 292 Å². The topological polar surface area (TPSA) is 0 Å². The summed E-state index contributed by atoms with van der Waals surface area (Å²) in [4.78, 5) is 0. The summed E-state index contributed by atoms with van der Waals surface area (Å²) in [6.07, 6.45) is 0. The number of benzene rings is 8. The summed E-state index contributed by atoms with van der Waals surface area (Å²) in [5, 5.41) is 13.3. The van der Waals surface area contributed by atoms with Gasteiger partial charge in [0, 0.05) is 19.5 Å². The third-order valence-corrected chi connectivity index (χ3v) is 13.6. The van der Waals surface area contributed by atoms with Gasteiger partial charge in [-0.1, -0.05) is 194 Å². The normalized spacial score (nSPS) is 11.2. The van der Waals surface area contributed by atoms with Gasteiger partial charge in [0.05, 0.1) is 0 Å². The van der Waals surface area contributed by atoms with Gasteiger partial charge in [-0.2, -0.15) is 0 Å². The van der Waals surface area contributed by atoms with Gasteiger partial charge in [0.2, 0.25) is 0 Å². The Morgan fingerprint density at radius 1 is 0.255 bits per heavy atom. The maximum Gasteiger partial charge on any atom is 0 e. The van der Waals surface area contributed by atoms with Gasteiger partial charge in [0.15, 0.2) is 0 Å². The number of rotatable bonds is 7. The van der Waals surface area contributed by atoms with Crippen molar-refractivity contribution in [2.75, 3.05) is 0 Å². The summed E-state index contributed by atoms with van der Waals surface area (Å²) in [6, 6.07) is 71.8. The first kappa shape index (κ1) is 31.4. The van der Waals surface area contributed by atoms with E-state index in [0.717, 1.165) is 0 Å². The van der Waals surface area contributed by atoms with E-state index in [1.165, 1.54) is 64.5 Å². The predicted octanol–water partition coefficient (Wildman–Crippen LogP) is 9.17. The minimum atomic E-state index is -0.852. The van der Waals surface area contributed by atoms with Crippen LogP contribution in [0.3, 0.4) is 0 Å². The fraction of sp³-hybridized carbons (Fsp3) is 0. The summed E-state index contributed by atoms with van der Waals surface area (Å²) < 4.78 is 0. The fourth-order valence-electron chi connectivity index (χ4n) is 6.58. The van der Waals surface area contributed by atoms with Gasteiger partial charge >= 0.3 is 0 Å². The molecule has 0 bridgehead atoms. The Balaban J connectivity index is 0.00000351. The van der Waals surface area contributed by atoms with Crippen molar-refractivity contribution in [3.8, 4) is 11.1 Å². The van der Waals surface area contributed by atoms with Crippen LogP contribution in [0.25, 0.3) is 32.7 Å². The van der Waals surface area contributed by atoms with Crippen LogP contribution in [0.5, 0.6) is 0 Å². The molecule has 0 aromatic heterocycles. The molecular weight excluding hydrogens is 693 g/mol. The standard InChI is InChI=1S/C44H32P2.Rh/c1-5-19-35(20-6-1)45(36-21-7-2-8-22-36)41-31-29-33-17-13-15-27-39(33)43(41)44-40-28-16-14-18-34(40)30-32-42(44)46(37-23-9-3-10-24-37)38-25-11-4-12-26-38;/h1-32H;. The summed E-state index contributed by atoms with van der Waals surface area (Å²) in [5.74, 6) is 0. The largest absolute Gasteiger partial charge is 0.0622 e. The second-order valence-electron chi connectivity index (χ2n) is 11.4. The van der Waals surface area contributed by atoms with E-state index in [-0.39, 0.29) is 19.5 Å². The molecule has 0 saturated heterocycles. The average molecular weight is 726 g/mol. The van der Waals surface area contributed by atoms with Crippen molar-refractivity contribution in [3.05, 3.63) is 194 Å². The first-order valence-corrected chi connectivity index (χ1v) is 18.4. The zero-order valence-electron chi connectivity index (χ0n) is 25.7. The summed E-state index contributed by atoms with van der Waals surface area (Å²) in [7, 11) is -1.70. The zero-order valence-corrected chi connectivity index (χ0v) is 29.1. The molecular formula is C44H32P2Rh. The van der Waals surface area contributed by atoms with Crippen LogP contribution >= 0.6 is 15.8 Å². The maximum absolute atomic E-state index is 2.42. The van der Waals surface area contributed by atoms with Crippen LogP contribution in [0.2, 0.25) is 0 Å². The predicted molar refractivity (Wildman–Crippen MR) is 204 cm³/mol. The number of fused-ring (bicyclic) bond motifs is 2. The first-order chi connectivity index (χ1) is 22.9. The van der Waals surface area contributed by atoms with E-state index in [9.17, 15) is 0 Å². The van der Waals surface area contributed by atoms with E-state index in [1.54, 1.807) is 0 Å². The van der Waals surface area contributed by atoms with Gasteiger partial charge in [-0.3, -0.25) is 0 Å². The van der Waals surface area contributed by atoms with Crippen molar-refractivity contribution < 1.29 is 19.5 Å². The maximum atomic E-state index is 2.42. The molecule has 0 heterocycles. The number of hydrogen-bond acceptors (Lipinski definition) is 0. The van der Waals surface area contributed by atoms with Crippen molar-refractivity contribution in [2.24, 2.45) is 0 Å². The Morgan fingerprint density at radius 3 is 0.851 bits per heavy atom. The smallest absolute Gasteiger partial charge is 0 e. The van der Waals surface area contributed by atoms with Crippen LogP contribution in [0.1, 0.15) is 0 Å². The molecule has 0 nitrogen and oxygen atoms in total. The van der Waals surface area contributed by atoms with Crippen LogP contribution in [0.4, 0.5) is 0 Å². The van der Waals surface area contributed by atoms with E-state index >= 15 is 0 Å². The van der Waals surface area contributed by atoms with E-state index in [4.69, 9.17) is 0 Å². The molecule has 1 radical (unpaired) electrons. The monoisotopic (exact) mass is 725 g/mol. The van der Waals surface area contributed by atoms with Crippen LogP contribution in [-0.4, -0.2) is 0 Å². The van der Waals surface area contributed by atoms with Gasteiger partial charge < -0.3 is 0 Å². The van der Waals surface area contributed by atoms with Gasteiger partial charge in [0.1, 0.15) is 0 Å². The molecule has 0 amide bonds. The van der Waals surface area contributed by atoms with E-state index in [0.29, 0.717) is 0 Å². The molecule has 0 saturated carbocycles. The SMILES string of the molecule is [Rh].c1ccc(P(c2ccccc2)c2ccc3ccccc3c2-c2c(P(c3ccccc3)c3ccccc3)ccc3ccccc23)cc1. The molecule has 0 aliphatic heterocycles. The van der Waals surface area contributed by atoms with Crippen molar-refractivity contribution in [1.82, 2.24) is 0 Å². The second-order valence-corrected chi connectivity index (χ2v) is 15.7. The quantitative estimate of drug-likeness (QED) is 0.114. The molecule has 0 spiro atoms. The Bertz CT molecular complexity index is 2010. The third-order valence-electron chi connectivity index (χ3n) is 8.60. The fourth-order valence-corrected chi connectivity index (χ4v) is 11.5. The Hall–Kier alpha value is -4.24. The van der Waals surface area contributed by atoms with Crippen LogP contribution < -0.4 is 31.8 Å². The zero-order chi connectivity index (χ0) is 30.7. The van der Waals surface area contributed by atoms with E-state index in [1.807, 2.05) is 0 Å². The van der Waals surface area contributed by atoms with Crippen molar-refractivity contribution in [2.45, 2.75) is 0 Å². The summed E-state index contributed by atoms with van der Waals surface area (Å²) in [5.41, 5.74) is 2.70.